The first-order valence-corrected chi connectivity index (χ1v) is 9.20. The maximum atomic E-state index is 12.3. The Balaban J connectivity index is 1.36. The molecule has 0 saturated heterocycles. The standard InChI is InChI=1S/C21H18ClN3O3/c22-15-3-1-14(2-4-15)12-24-21(26)18-7-5-17(13-23-18)25-16-6-8-19-20(11-16)28-10-9-27-19/h1-8,11,13,25H,9-10,12H2,(H,24,26). The van der Waals surface area contributed by atoms with Crippen molar-refractivity contribution in [2.24, 2.45) is 0 Å². The van der Waals surface area contributed by atoms with Crippen LogP contribution in [-0.2, 0) is 6.54 Å². The Morgan fingerprint density at radius 1 is 0.964 bits per heavy atom. The number of aromatic nitrogens is 1. The minimum Gasteiger partial charge on any atom is -0.486 e. The number of pyridine rings is 1. The van der Waals surface area contributed by atoms with Crippen LogP contribution in [0.25, 0.3) is 0 Å². The quantitative estimate of drug-likeness (QED) is 0.678. The van der Waals surface area contributed by atoms with Crippen LogP contribution in [0.1, 0.15) is 16.1 Å². The first kappa shape index (κ1) is 18.1. The smallest absolute Gasteiger partial charge is 0.270 e. The molecule has 142 valence electrons. The summed E-state index contributed by atoms with van der Waals surface area (Å²) in [5.74, 6) is 1.21. The van der Waals surface area contributed by atoms with E-state index < -0.39 is 0 Å². The Labute approximate surface area is 167 Å². The number of halogens is 1. The van der Waals surface area contributed by atoms with E-state index in [2.05, 4.69) is 15.6 Å². The van der Waals surface area contributed by atoms with Gasteiger partial charge in [0.1, 0.15) is 18.9 Å². The molecule has 0 unspecified atom stereocenters. The van der Waals surface area contributed by atoms with E-state index in [-0.39, 0.29) is 5.91 Å². The Bertz CT molecular complexity index is 975. The number of nitrogens with one attached hydrogen (secondary N) is 2. The van der Waals surface area contributed by atoms with E-state index in [1.807, 2.05) is 30.3 Å². The van der Waals surface area contributed by atoms with Crippen molar-refractivity contribution in [2.45, 2.75) is 6.54 Å². The third kappa shape index (κ3) is 4.35. The third-order valence-corrected chi connectivity index (χ3v) is 4.45. The van der Waals surface area contributed by atoms with Crippen LogP contribution < -0.4 is 20.1 Å². The summed E-state index contributed by atoms with van der Waals surface area (Å²) in [6, 6.07) is 16.5. The normalized spacial score (nSPS) is 12.3. The van der Waals surface area contributed by atoms with Crippen LogP contribution in [0.15, 0.2) is 60.8 Å². The van der Waals surface area contributed by atoms with Crippen LogP contribution in [0.2, 0.25) is 5.02 Å². The van der Waals surface area contributed by atoms with Crippen LogP contribution in [0.4, 0.5) is 11.4 Å². The Morgan fingerprint density at radius 2 is 1.71 bits per heavy atom. The number of nitrogens with zero attached hydrogens (tertiary/aromatic N) is 1. The predicted molar refractivity (Wildman–Crippen MR) is 108 cm³/mol. The van der Waals surface area contributed by atoms with Gasteiger partial charge in [-0.05, 0) is 42.0 Å². The monoisotopic (exact) mass is 395 g/mol. The summed E-state index contributed by atoms with van der Waals surface area (Å²) in [4.78, 5) is 16.5. The molecule has 1 aliphatic rings. The van der Waals surface area contributed by atoms with Gasteiger partial charge in [-0.25, -0.2) is 4.98 Å². The van der Waals surface area contributed by atoms with E-state index in [1.165, 1.54) is 0 Å². The summed E-state index contributed by atoms with van der Waals surface area (Å²) in [5, 5.41) is 6.75. The van der Waals surface area contributed by atoms with Crippen molar-refractivity contribution >= 4 is 28.9 Å². The zero-order valence-electron chi connectivity index (χ0n) is 14.9. The molecule has 0 aliphatic carbocycles. The van der Waals surface area contributed by atoms with Crippen molar-refractivity contribution in [3.8, 4) is 11.5 Å². The van der Waals surface area contributed by atoms with Crippen LogP contribution in [0.3, 0.4) is 0 Å². The maximum absolute atomic E-state index is 12.3. The van der Waals surface area contributed by atoms with Crippen molar-refractivity contribution < 1.29 is 14.3 Å². The topological polar surface area (TPSA) is 72.5 Å². The molecule has 0 fully saturated rings. The number of amides is 1. The van der Waals surface area contributed by atoms with Crippen LogP contribution in [0, 0.1) is 0 Å². The largest absolute Gasteiger partial charge is 0.486 e. The van der Waals surface area contributed by atoms with Crippen LogP contribution in [-0.4, -0.2) is 24.1 Å². The lowest BCUT2D eigenvalue weighted by Gasteiger charge is -2.19. The summed E-state index contributed by atoms with van der Waals surface area (Å²) in [7, 11) is 0. The van der Waals surface area contributed by atoms with E-state index >= 15 is 0 Å². The summed E-state index contributed by atoms with van der Waals surface area (Å²) in [6.07, 6.45) is 1.62. The van der Waals surface area contributed by atoms with Gasteiger partial charge in [0.05, 0.1) is 11.9 Å². The van der Waals surface area contributed by atoms with E-state index in [4.69, 9.17) is 21.1 Å². The third-order valence-electron chi connectivity index (χ3n) is 4.19. The summed E-state index contributed by atoms with van der Waals surface area (Å²) < 4.78 is 11.1. The number of hydrogen-bond acceptors (Lipinski definition) is 5. The number of carbonyl (C=O) groups is 1. The molecular weight excluding hydrogens is 378 g/mol. The molecule has 1 amide bonds. The van der Waals surface area contributed by atoms with Gasteiger partial charge < -0.3 is 20.1 Å². The number of anilines is 2. The minimum atomic E-state index is -0.235. The Hall–Kier alpha value is -3.25. The van der Waals surface area contributed by atoms with Gasteiger partial charge in [0.25, 0.3) is 5.91 Å². The van der Waals surface area contributed by atoms with Gasteiger partial charge in [-0.15, -0.1) is 0 Å². The van der Waals surface area contributed by atoms with Crippen molar-refractivity contribution in [3.63, 3.8) is 0 Å². The molecule has 6 nitrogen and oxygen atoms in total. The van der Waals surface area contributed by atoms with Crippen LogP contribution >= 0.6 is 11.6 Å². The molecule has 2 heterocycles. The van der Waals surface area contributed by atoms with Crippen molar-refractivity contribution in [3.05, 3.63) is 77.1 Å². The predicted octanol–water partition coefficient (Wildman–Crippen LogP) is 4.18. The molecule has 0 bridgehead atoms. The van der Waals surface area contributed by atoms with E-state index in [1.54, 1.807) is 30.5 Å². The SMILES string of the molecule is O=C(NCc1ccc(Cl)cc1)c1ccc(Nc2ccc3c(c2)OCCO3)cn1. The zero-order chi connectivity index (χ0) is 19.3. The molecule has 2 aromatic carbocycles. The fourth-order valence-electron chi connectivity index (χ4n) is 2.77. The number of fused-ring (bicyclic) bond motifs is 1. The summed E-state index contributed by atoms with van der Waals surface area (Å²) in [5.41, 5.74) is 2.94. The first-order valence-electron chi connectivity index (χ1n) is 8.83. The van der Waals surface area contributed by atoms with E-state index in [0.717, 1.165) is 22.7 Å². The van der Waals surface area contributed by atoms with Crippen molar-refractivity contribution in [2.75, 3.05) is 18.5 Å². The fourth-order valence-corrected chi connectivity index (χ4v) is 2.89. The Kier molecular flexibility index (Phi) is 5.30. The van der Waals surface area contributed by atoms with Gasteiger partial charge in [-0.2, -0.15) is 0 Å². The highest BCUT2D eigenvalue weighted by atomic mass is 35.5. The van der Waals surface area contributed by atoms with Gasteiger partial charge in [0.2, 0.25) is 0 Å². The minimum absolute atomic E-state index is 0.235. The lowest BCUT2D eigenvalue weighted by Crippen LogP contribution is -2.23. The molecule has 1 aromatic heterocycles. The number of hydrogen-bond donors (Lipinski definition) is 2. The molecular formula is C21H18ClN3O3. The highest BCUT2D eigenvalue weighted by molar-refractivity contribution is 6.30. The van der Waals surface area contributed by atoms with E-state index in [9.17, 15) is 4.79 Å². The van der Waals surface area contributed by atoms with Crippen molar-refractivity contribution in [1.82, 2.24) is 10.3 Å². The van der Waals surface area contributed by atoms with E-state index in [0.29, 0.717) is 36.2 Å². The molecule has 1 aliphatic heterocycles. The highest BCUT2D eigenvalue weighted by Crippen LogP contribution is 2.33. The first-order chi connectivity index (χ1) is 13.7. The molecule has 3 aromatic rings. The van der Waals surface area contributed by atoms with Gasteiger partial charge in [0, 0.05) is 23.3 Å². The summed E-state index contributed by atoms with van der Waals surface area (Å²) in [6.45, 7) is 1.51. The molecule has 0 radical (unpaired) electrons. The number of benzene rings is 2. The molecule has 0 atom stereocenters. The number of ether oxygens (including phenoxy) is 2. The molecule has 4 rings (SSSR count). The molecule has 28 heavy (non-hydrogen) atoms. The zero-order valence-corrected chi connectivity index (χ0v) is 15.7. The van der Waals surface area contributed by atoms with Gasteiger partial charge in [-0.3, -0.25) is 4.79 Å². The van der Waals surface area contributed by atoms with Crippen molar-refractivity contribution in [1.29, 1.82) is 0 Å². The maximum Gasteiger partial charge on any atom is 0.270 e. The highest BCUT2D eigenvalue weighted by Gasteiger charge is 2.12. The molecule has 7 heteroatoms. The second kappa shape index (κ2) is 8.19. The second-order valence-electron chi connectivity index (χ2n) is 6.22. The van der Waals surface area contributed by atoms with Gasteiger partial charge in [0.15, 0.2) is 11.5 Å². The fraction of sp³-hybridized carbons (Fsp3) is 0.143. The molecule has 0 spiro atoms. The average Bonchev–Trinajstić information content (AvgIpc) is 2.73. The number of rotatable bonds is 5. The summed E-state index contributed by atoms with van der Waals surface area (Å²) >= 11 is 5.86. The van der Waals surface area contributed by atoms with Gasteiger partial charge in [-0.1, -0.05) is 23.7 Å². The average molecular weight is 396 g/mol. The number of carbonyl (C=O) groups excluding carboxylic acids is 1. The molecule has 2 N–H and O–H groups in total. The molecule has 0 saturated carbocycles. The lowest BCUT2D eigenvalue weighted by molar-refractivity contribution is 0.0946. The lowest BCUT2D eigenvalue weighted by atomic mass is 10.2. The van der Waals surface area contributed by atoms with Gasteiger partial charge >= 0.3 is 0 Å². The second-order valence-corrected chi connectivity index (χ2v) is 6.66. The Morgan fingerprint density at radius 3 is 2.46 bits per heavy atom. The van der Waals surface area contributed by atoms with Crippen LogP contribution in [0.5, 0.6) is 11.5 Å².